The van der Waals surface area contributed by atoms with Crippen molar-refractivity contribution in [1.82, 2.24) is 19.7 Å². The van der Waals surface area contributed by atoms with E-state index in [2.05, 4.69) is 15.2 Å². The Kier molecular flexibility index (Phi) is 2.04. The molecule has 1 aromatic rings. The second-order valence-electron chi connectivity index (χ2n) is 3.79. The van der Waals surface area contributed by atoms with Gasteiger partial charge in [0, 0.05) is 5.69 Å². The van der Waals surface area contributed by atoms with Crippen LogP contribution in [0.2, 0.25) is 0 Å². The van der Waals surface area contributed by atoms with E-state index in [9.17, 15) is 0 Å². The van der Waals surface area contributed by atoms with E-state index in [4.69, 9.17) is 5.73 Å². The number of hydrogen-bond donors (Lipinski definition) is 1. The molecule has 0 fully saturated rings. The molecule has 0 amide bonds. The minimum absolute atomic E-state index is 0.566. The summed E-state index contributed by atoms with van der Waals surface area (Å²) in [5.41, 5.74) is 8.46. The summed E-state index contributed by atoms with van der Waals surface area (Å²) in [6, 6.07) is 9.84. The number of benzene rings is 1. The van der Waals surface area contributed by atoms with E-state index in [0.717, 1.165) is 17.2 Å². The highest BCUT2D eigenvalue weighted by Crippen LogP contribution is 2.26. The van der Waals surface area contributed by atoms with Crippen molar-refractivity contribution in [3.63, 3.8) is 0 Å². The zero-order valence-electron chi connectivity index (χ0n) is 9.33. The fraction of sp³-hybridized carbons (Fsp3) is 0.0833. The number of nitrogens with zero attached hydrogens (tertiary/aromatic N) is 4. The fourth-order valence-corrected chi connectivity index (χ4v) is 1.93. The molecular weight excluding hydrogens is 214 g/mol. The summed E-state index contributed by atoms with van der Waals surface area (Å²) in [6.45, 7) is 1.91. The van der Waals surface area contributed by atoms with Crippen LogP contribution in [0.15, 0.2) is 36.5 Å². The van der Waals surface area contributed by atoms with Crippen LogP contribution in [0.25, 0.3) is 17.1 Å². The number of aromatic nitrogens is 4. The Balaban J connectivity index is 2.34. The number of anilines is 1. The van der Waals surface area contributed by atoms with Crippen molar-refractivity contribution < 1.29 is 0 Å². The van der Waals surface area contributed by atoms with Crippen LogP contribution in [-0.4, -0.2) is 19.7 Å². The predicted molar refractivity (Wildman–Crippen MR) is 64.9 cm³/mol. The van der Waals surface area contributed by atoms with Crippen LogP contribution in [0.1, 0.15) is 5.82 Å². The van der Waals surface area contributed by atoms with Gasteiger partial charge in [-0.2, -0.15) is 5.10 Å². The largest absolute Gasteiger partial charge is 0.383 e. The molecule has 0 bridgehead atoms. The number of nitrogens with two attached hydrogens (primary N) is 1. The summed E-state index contributed by atoms with van der Waals surface area (Å²) in [4.78, 5) is 4.43. The molecule has 0 atom stereocenters. The molecule has 1 aromatic carbocycles. The highest BCUT2D eigenvalue weighted by Gasteiger charge is 2.16. The molecule has 2 heterocycles. The van der Waals surface area contributed by atoms with Gasteiger partial charge in [0.15, 0.2) is 5.69 Å². The number of aryl methyl sites for hydroxylation is 1. The van der Waals surface area contributed by atoms with Crippen LogP contribution in [0.4, 0.5) is 5.82 Å². The first-order valence-corrected chi connectivity index (χ1v) is 5.29. The van der Waals surface area contributed by atoms with Gasteiger partial charge in [-0.3, -0.25) is 4.57 Å². The quantitative estimate of drug-likeness (QED) is 0.683. The van der Waals surface area contributed by atoms with Gasteiger partial charge >= 0.3 is 0 Å². The second-order valence-corrected chi connectivity index (χ2v) is 3.79. The lowest BCUT2D eigenvalue weighted by molar-refractivity contribution is 0.916. The molecule has 3 rings (SSSR count). The van der Waals surface area contributed by atoms with Crippen molar-refractivity contribution in [1.29, 1.82) is 0 Å². The highest BCUT2D eigenvalue weighted by molar-refractivity contribution is 5.69. The average molecular weight is 225 g/mol. The summed E-state index contributed by atoms with van der Waals surface area (Å²) in [7, 11) is 0. The SMILES string of the molecule is Cc1nc2cnnc-2c(N)n1-c1ccccc1. The molecule has 2 aliphatic heterocycles. The third-order valence-electron chi connectivity index (χ3n) is 2.68. The Morgan fingerprint density at radius 2 is 1.94 bits per heavy atom. The topological polar surface area (TPSA) is 69.6 Å². The average Bonchev–Trinajstić information content (AvgIpc) is 2.78. The van der Waals surface area contributed by atoms with E-state index in [0.29, 0.717) is 11.5 Å². The molecule has 2 N–H and O–H groups in total. The number of para-hydroxylation sites is 1. The van der Waals surface area contributed by atoms with Gasteiger partial charge in [-0.05, 0) is 19.1 Å². The van der Waals surface area contributed by atoms with Crippen LogP contribution in [0.3, 0.4) is 0 Å². The molecule has 0 aromatic heterocycles. The molecule has 0 aliphatic carbocycles. The molecule has 0 radical (unpaired) electrons. The number of rotatable bonds is 1. The summed E-state index contributed by atoms with van der Waals surface area (Å²) in [6.07, 6.45) is 1.62. The van der Waals surface area contributed by atoms with Crippen molar-refractivity contribution in [2.45, 2.75) is 6.92 Å². The molecule has 0 spiro atoms. The molecule has 0 saturated heterocycles. The first-order chi connectivity index (χ1) is 8.27. The maximum atomic E-state index is 6.12. The Morgan fingerprint density at radius 3 is 2.71 bits per heavy atom. The van der Waals surface area contributed by atoms with Crippen LogP contribution < -0.4 is 5.73 Å². The lowest BCUT2D eigenvalue weighted by atomic mass is 10.2. The number of nitrogen functional groups attached to an aromatic ring is 1. The fourth-order valence-electron chi connectivity index (χ4n) is 1.93. The van der Waals surface area contributed by atoms with Gasteiger partial charge in [0.1, 0.15) is 17.3 Å². The summed E-state index contributed by atoms with van der Waals surface area (Å²) < 4.78 is 1.87. The van der Waals surface area contributed by atoms with Gasteiger partial charge in [-0.25, -0.2) is 4.98 Å². The van der Waals surface area contributed by atoms with Gasteiger partial charge < -0.3 is 5.73 Å². The second kappa shape index (κ2) is 3.55. The molecule has 5 heteroatoms. The lowest BCUT2D eigenvalue weighted by Crippen LogP contribution is -2.11. The van der Waals surface area contributed by atoms with Gasteiger partial charge in [-0.15, -0.1) is 5.10 Å². The van der Waals surface area contributed by atoms with Crippen LogP contribution >= 0.6 is 0 Å². The monoisotopic (exact) mass is 225 g/mol. The van der Waals surface area contributed by atoms with Gasteiger partial charge in [-0.1, -0.05) is 18.2 Å². The Bertz CT molecular complexity index is 629. The minimum atomic E-state index is 0.566. The molecule has 84 valence electrons. The standard InChI is InChI=1S/C12H11N5/c1-8-15-10-7-14-16-11(10)12(13)17(8)9-5-3-2-4-6-9/h2-7H,13H2,1H3. The van der Waals surface area contributed by atoms with E-state index >= 15 is 0 Å². The summed E-state index contributed by atoms with van der Waals surface area (Å²) >= 11 is 0. The predicted octanol–water partition coefficient (Wildman–Crippen LogP) is 1.66. The Morgan fingerprint density at radius 1 is 1.18 bits per heavy atom. The van der Waals surface area contributed by atoms with Crippen molar-refractivity contribution in [3.8, 4) is 17.1 Å². The van der Waals surface area contributed by atoms with E-state index in [-0.39, 0.29) is 0 Å². The van der Waals surface area contributed by atoms with Crippen LogP contribution in [-0.2, 0) is 0 Å². The van der Waals surface area contributed by atoms with Gasteiger partial charge in [0.05, 0.1) is 6.20 Å². The first-order valence-electron chi connectivity index (χ1n) is 5.29. The van der Waals surface area contributed by atoms with Crippen molar-refractivity contribution in [2.24, 2.45) is 0 Å². The maximum Gasteiger partial charge on any atom is 0.154 e. The zero-order chi connectivity index (χ0) is 11.8. The Labute approximate surface area is 98.3 Å². The third kappa shape index (κ3) is 1.44. The van der Waals surface area contributed by atoms with E-state index in [1.54, 1.807) is 6.20 Å². The minimum Gasteiger partial charge on any atom is -0.383 e. The normalized spacial score (nSPS) is 10.9. The summed E-state index contributed by atoms with van der Waals surface area (Å²) in [5, 5.41) is 7.82. The number of fused-ring (bicyclic) bond motifs is 1. The summed E-state index contributed by atoms with van der Waals surface area (Å²) in [5.74, 6) is 1.38. The van der Waals surface area contributed by atoms with Crippen LogP contribution in [0, 0.1) is 6.92 Å². The lowest BCUT2D eigenvalue weighted by Gasteiger charge is -2.15. The molecule has 17 heavy (non-hydrogen) atoms. The van der Waals surface area contributed by atoms with E-state index in [1.165, 1.54) is 0 Å². The highest BCUT2D eigenvalue weighted by atomic mass is 15.2. The third-order valence-corrected chi connectivity index (χ3v) is 2.68. The zero-order valence-corrected chi connectivity index (χ0v) is 9.33. The maximum absolute atomic E-state index is 6.12. The molecule has 0 unspecified atom stereocenters. The van der Waals surface area contributed by atoms with Crippen molar-refractivity contribution >= 4 is 5.82 Å². The van der Waals surface area contributed by atoms with Crippen molar-refractivity contribution in [2.75, 3.05) is 5.73 Å². The van der Waals surface area contributed by atoms with Gasteiger partial charge in [0.2, 0.25) is 0 Å². The first kappa shape index (κ1) is 9.77. The molecule has 2 aliphatic rings. The van der Waals surface area contributed by atoms with Crippen LogP contribution in [0.5, 0.6) is 0 Å². The molecule has 5 nitrogen and oxygen atoms in total. The Hall–Kier alpha value is -2.43. The number of hydrogen-bond acceptors (Lipinski definition) is 4. The molecule has 0 saturated carbocycles. The molecular formula is C12H11N5. The van der Waals surface area contributed by atoms with Crippen molar-refractivity contribution in [3.05, 3.63) is 42.4 Å². The smallest absolute Gasteiger partial charge is 0.154 e. The van der Waals surface area contributed by atoms with E-state index < -0.39 is 0 Å². The van der Waals surface area contributed by atoms with Gasteiger partial charge in [0.25, 0.3) is 0 Å². The van der Waals surface area contributed by atoms with E-state index in [1.807, 2.05) is 41.8 Å².